The van der Waals surface area contributed by atoms with Crippen molar-refractivity contribution in [3.8, 4) is 6.01 Å². The summed E-state index contributed by atoms with van der Waals surface area (Å²) in [5, 5.41) is 10.6. The van der Waals surface area contributed by atoms with E-state index in [1.165, 1.54) is 12.1 Å². The molecule has 6 nitrogen and oxygen atoms in total. The third-order valence-electron chi connectivity index (χ3n) is 3.36. The van der Waals surface area contributed by atoms with Crippen LogP contribution in [0.3, 0.4) is 0 Å². The number of nitrogens with one attached hydrogen (secondary N) is 1. The van der Waals surface area contributed by atoms with Crippen molar-refractivity contribution in [1.29, 1.82) is 0 Å². The van der Waals surface area contributed by atoms with Crippen LogP contribution >= 0.6 is 0 Å². The Balaban J connectivity index is 1.58. The van der Waals surface area contributed by atoms with E-state index >= 15 is 0 Å². The highest BCUT2D eigenvalue weighted by Gasteiger charge is 2.12. The maximum Gasteiger partial charge on any atom is 0.322 e. The Morgan fingerprint density at radius 2 is 2.04 bits per heavy atom. The van der Waals surface area contributed by atoms with Crippen molar-refractivity contribution in [3.63, 3.8) is 0 Å². The highest BCUT2D eigenvalue weighted by molar-refractivity contribution is 5.77. The van der Waals surface area contributed by atoms with Crippen LogP contribution in [0.25, 0.3) is 5.65 Å². The van der Waals surface area contributed by atoms with Gasteiger partial charge in [-0.3, -0.25) is 9.20 Å². The number of rotatable bonds is 5. The lowest BCUT2D eigenvalue weighted by atomic mass is 10.1. The zero-order chi connectivity index (χ0) is 16.2. The fourth-order valence-electron chi connectivity index (χ4n) is 2.17. The summed E-state index contributed by atoms with van der Waals surface area (Å²) in [5.74, 6) is -0.608. The number of halogens is 1. The minimum atomic E-state index is -0.311. The van der Waals surface area contributed by atoms with Crippen molar-refractivity contribution in [2.24, 2.45) is 0 Å². The molecule has 118 valence electrons. The molecular weight excluding hydrogens is 299 g/mol. The smallest absolute Gasteiger partial charge is 0.322 e. The molecule has 1 N–H and O–H groups in total. The van der Waals surface area contributed by atoms with Crippen molar-refractivity contribution in [2.45, 2.75) is 13.0 Å². The van der Waals surface area contributed by atoms with Gasteiger partial charge in [0, 0.05) is 6.20 Å². The molecule has 3 aromatic rings. The first-order valence-electron chi connectivity index (χ1n) is 7.11. The van der Waals surface area contributed by atoms with Crippen LogP contribution in [-0.4, -0.2) is 27.1 Å². The highest BCUT2D eigenvalue weighted by atomic mass is 19.1. The van der Waals surface area contributed by atoms with Crippen LogP contribution in [0.4, 0.5) is 4.39 Å². The molecule has 0 saturated heterocycles. The molecule has 0 aliphatic carbocycles. The third-order valence-corrected chi connectivity index (χ3v) is 3.36. The minimum Gasteiger partial charge on any atom is -0.453 e. The lowest BCUT2D eigenvalue weighted by Crippen LogP contribution is -2.31. The maximum atomic E-state index is 12.9. The molecule has 0 saturated carbocycles. The normalized spacial score (nSPS) is 12.1. The Morgan fingerprint density at radius 3 is 2.83 bits per heavy atom. The second-order valence-corrected chi connectivity index (χ2v) is 5.04. The monoisotopic (exact) mass is 314 g/mol. The first-order chi connectivity index (χ1) is 11.1. The third kappa shape index (κ3) is 3.45. The quantitative estimate of drug-likeness (QED) is 0.783. The summed E-state index contributed by atoms with van der Waals surface area (Å²) < 4.78 is 19.9. The lowest BCUT2D eigenvalue weighted by Gasteiger charge is -2.14. The van der Waals surface area contributed by atoms with E-state index in [9.17, 15) is 9.18 Å². The zero-order valence-electron chi connectivity index (χ0n) is 12.4. The lowest BCUT2D eigenvalue weighted by molar-refractivity contribution is -0.123. The number of benzene rings is 1. The van der Waals surface area contributed by atoms with Crippen molar-refractivity contribution in [2.75, 3.05) is 6.61 Å². The molecule has 23 heavy (non-hydrogen) atoms. The van der Waals surface area contributed by atoms with E-state index in [1.54, 1.807) is 28.8 Å². The number of hydrogen-bond donors (Lipinski definition) is 1. The number of nitrogens with zero attached hydrogens (tertiary/aromatic N) is 3. The molecule has 1 amide bonds. The van der Waals surface area contributed by atoms with Crippen LogP contribution in [0.5, 0.6) is 6.01 Å². The zero-order valence-corrected chi connectivity index (χ0v) is 12.4. The molecule has 0 aliphatic heterocycles. The van der Waals surface area contributed by atoms with Gasteiger partial charge in [-0.2, -0.15) is 0 Å². The summed E-state index contributed by atoms with van der Waals surface area (Å²) in [4.78, 5) is 12.0. The van der Waals surface area contributed by atoms with Gasteiger partial charge in [-0.15, -0.1) is 5.10 Å². The van der Waals surface area contributed by atoms with E-state index < -0.39 is 0 Å². The summed E-state index contributed by atoms with van der Waals surface area (Å²) in [7, 11) is 0. The van der Waals surface area contributed by atoms with E-state index in [-0.39, 0.29) is 30.4 Å². The van der Waals surface area contributed by atoms with E-state index in [4.69, 9.17) is 4.74 Å². The van der Waals surface area contributed by atoms with Crippen LogP contribution in [0, 0.1) is 5.82 Å². The number of carbonyl (C=O) groups excluding carboxylic acids is 1. The first kappa shape index (κ1) is 15.0. The van der Waals surface area contributed by atoms with Crippen LogP contribution in [0.2, 0.25) is 0 Å². The van der Waals surface area contributed by atoms with Gasteiger partial charge >= 0.3 is 6.01 Å². The topological polar surface area (TPSA) is 68.5 Å². The number of carbonyl (C=O) groups is 1. The Kier molecular flexibility index (Phi) is 4.18. The van der Waals surface area contributed by atoms with E-state index in [1.807, 2.05) is 19.1 Å². The molecule has 2 aromatic heterocycles. The molecule has 3 rings (SSSR count). The van der Waals surface area contributed by atoms with Gasteiger partial charge in [-0.25, -0.2) is 4.39 Å². The number of ether oxygens (including phenoxy) is 1. The molecule has 0 aliphatic rings. The Hall–Kier alpha value is -2.96. The molecule has 1 unspecified atom stereocenters. The maximum absolute atomic E-state index is 12.9. The summed E-state index contributed by atoms with van der Waals surface area (Å²) in [6.45, 7) is 1.64. The van der Waals surface area contributed by atoms with Gasteiger partial charge in [0.1, 0.15) is 5.82 Å². The second-order valence-electron chi connectivity index (χ2n) is 5.04. The van der Waals surface area contributed by atoms with Crippen LogP contribution in [-0.2, 0) is 4.79 Å². The number of hydrogen-bond acceptors (Lipinski definition) is 4. The number of amides is 1. The summed E-state index contributed by atoms with van der Waals surface area (Å²) in [6, 6.07) is 11.4. The number of aromatic nitrogens is 3. The Bertz CT molecular complexity index is 816. The molecule has 7 heteroatoms. The van der Waals surface area contributed by atoms with E-state index in [0.29, 0.717) is 5.65 Å². The first-order valence-corrected chi connectivity index (χ1v) is 7.11. The fourth-order valence-corrected chi connectivity index (χ4v) is 2.17. The van der Waals surface area contributed by atoms with Crippen LogP contribution < -0.4 is 10.1 Å². The molecule has 0 bridgehead atoms. The van der Waals surface area contributed by atoms with Crippen molar-refractivity contribution in [1.82, 2.24) is 19.9 Å². The van der Waals surface area contributed by atoms with Gasteiger partial charge in [0.25, 0.3) is 5.91 Å². The predicted molar refractivity (Wildman–Crippen MR) is 81.4 cm³/mol. The SMILES string of the molecule is CC(NC(=O)COc1nnc2ccccn12)c1ccc(F)cc1. The molecule has 2 heterocycles. The van der Waals surface area contributed by atoms with E-state index in [0.717, 1.165) is 5.56 Å². The van der Waals surface area contributed by atoms with Gasteiger partial charge in [0.05, 0.1) is 6.04 Å². The average Bonchev–Trinajstić information content (AvgIpc) is 2.97. The van der Waals surface area contributed by atoms with E-state index in [2.05, 4.69) is 15.5 Å². The molecule has 0 spiro atoms. The van der Waals surface area contributed by atoms with Gasteiger partial charge < -0.3 is 10.1 Å². The highest BCUT2D eigenvalue weighted by Crippen LogP contribution is 2.13. The number of fused-ring (bicyclic) bond motifs is 1. The van der Waals surface area contributed by atoms with Crippen LogP contribution in [0.1, 0.15) is 18.5 Å². The second kappa shape index (κ2) is 6.43. The average molecular weight is 314 g/mol. The van der Waals surface area contributed by atoms with Gasteiger partial charge in [-0.05, 0) is 36.8 Å². The molecule has 0 fully saturated rings. The van der Waals surface area contributed by atoms with Gasteiger partial charge in [0.2, 0.25) is 0 Å². The molecule has 1 aromatic carbocycles. The van der Waals surface area contributed by atoms with Crippen LogP contribution in [0.15, 0.2) is 48.7 Å². The Labute approximate surface area is 131 Å². The van der Waals surface area contributed by atoms with Crippen molar-refractivity contribution >= 4 is 11.6 Å². The van der Waals surface area contributed by atoms with Crippen molar-refractivity contribution < 1.29 is 13.9 Å². The Morgan fingerprint density at radius 1 is 1.26 bits per heavy atom. The van der Waals surface area contributed by atoms with Gasteiger partial charge in [0.15, 0.2) is 12.3 Å². The number of pyridine rings is 1. The predicted octanol–water partition coefficient (Wildman–Crippen LogP) is 2.12. The van der Waals surface area contributed by atoms with Crippen molar-refractivity contribution in [3.05, 3.63) is 60.0 Å². The van der Waals surface area contributed by atoms with Gasteiger partial charge in [-0.1, -0.05) is 23.3 Å². The molecule has 0 radical (unpaired) electrons. The molecule has 1 atom stereocenters. The fraction of sp³-hybridized carbons (Fsp3) is 0.188. The summed E-state index contributed by atoms with van der Waals surface area (Å²) >= 11 is 0. The standard InChI is InChI=1S/C16H15FN4O2/c1-11(12-5-7-13(17)8-6-12)18-15(22)10-23-16-20-19-14-4-2-3-9-21(14)16/h2-9,11H,10H2,1H3,(H,18,22). The molecular formula is C16H15FN4O2. The largest absolute Gasteiger partial charge is 0.453 e. The summed E-state index contributed by atoms with van der Waals surface area (Å²) in [6.07, 6.45) is 1.75. The minimum absolute atomic E-state index is 0.179. The summed E-state index contributed by atoms with van der Waals surface area (Å²) in [5.41, 5.74) is 1.45.